The molecule has 142 valence electrons. The van der Waals surface area contributed by atoms with Crippen LogP contribution in [0.2, 0.25) is 0 Å². The quantitative estimate of drug-likeness (QED) is 0.271. The number of methoxy groups -OCH3 is 1. The number of rotatable bonds is 8. The van der Waals surface area contributed by atoms with Gasteiger partial charge in [-0.2, -0.15) is 0 Å². The van der Waals surface area contributed by atoms with Crippen molar-refractivity contribution in [3.63, 3.8) is 0 Å². The summed E-state index contributed by atoms with van der Waals surface area (Å²) in [5.74, 6) is 1.77. The minimum Gasteiger partial charge on any atom is -0.496 e. The van der Waals surface area contributed by atoms with E-state index in [4.69, 9.17) is 4.74 Å². The smallest absolute Gasteiger partial charge is 0.191 e. The number of unbranched alkanes of at least 4 members (excludes halogenated alkanes) is 1. The second-order valence-electron chi connectivity index (χ2n) is 6.42. The van der Waals surface area contributed by atoms with Gasteiger partial charge in [-0.3, -0.25) is 4.99 Å². The Morgan fingerprint density at radius 1 is 1.20 bits per heavy atom. The monoisotopic (exact) mass is 460 g/mol. The van der Waals surface area contributed by atoms with E-state index in [2.05, 4.69) is 45.6 Å². The van der Waals surface area contributed by atoms with E-state index < -0.39 is 0 Å². The molecule has 0 saturated carbocycles. The summed E-state index contributed by atoms with van der Waals surface area (Å²) in [5.41, 5.74) is 2.34. The molecule has 0 spiro atoms. The van der Waals surface area contributed by atoms with Crippen molar-refractivity contribution in [1.29, 1.82) is 0 Å². The second-order valence-corrected chi connectivity index (χ2v) is 6.42. The van der Waals surface area contributed by atoms with Crippen molar-refractivity contribution in [3.05, 3.63) is 29.3 Å². The summed E-state index contributed by atoms with van der Waals surface area (Å²) in [6.07, 6.45) is 5.16. The molecule has 6 heteroatoms. The van der Waals surface area contributed by atoms with Gasteiger partial charge in [0.2, 0.25) is 0 Å². The van der Waals surface area contributed by atoms with Gasteiger partial charge in [0, 0.05) is 25.7 Å². The summed E-state index contributed by atoms with van der Waals surface area (Å²) in [6.45, 7) is 7.54. The Labute approximate surface area is 169 Å². The minimum atomic E-state index is 0. The summed E-state index contributed by atoms with van der Waals surface area (Å²) < 4.78 is 5.45. The van der Waals surface area contributed by atoms with Crippen LogP contribution in [0.4, 0.5) is 0 Å². The summed E-state index contributed by atoms with van der Waals surface area (Å²) in [4.78, 5) is 6.86. The van der Waals surface area contributed by atoms with Gasteiger partial charge in [-0.1, -0.05) is 12.1 Å². The number of hydrogen-bond acceptors (Lipinski definition) is 3. The maximum absolute atomic E-state index is 5.45. The number of benzene rings is 1. The van der Waals surface area contributed by atoms with E-state index >= 15 is 0 Å². The van der Waals surface area contributed by atoms with Crippen LogP contribution in [0.5, 0.6) is 5.75 Å². The van der Waals surface area contributed by atoms with Crippen LogP contribution in [0.1, 0.15) is 36.8 Å². The molecule has 1 aromatic rings. The number of halogens is 1. The molecular weight excluding hydrogens is 427 g/mol. The number of aryl methyl sites for hydroxylation is 1. The number of likely N-dealkylation sites (tertiary alicyclic amines) is 1. The van der Waals surface area contributed by atoms with Crippen LogP contribution >= 0.6 is 24.0 Å². The van der Waals surface area contributed by atoms with E-state index in [1.54, 1.807) is 7.11 Å². The maximum atomic E-state index is 5.45. The summed E-state index contributed by atoms with van der Waals surface area (Å²) >= 11 is 0. The van der Waals surface area contributed by atoms with E-state index in [0.717, 1.165) is 23.8 Å². The van der Waals surface area contributed by atoms with E-state index in [-0.39, 0.29) is 24.0 Å². The third kappa shape index (κ3) is 7.81. The minimum absolute atomic E-state index is 0. The van der Waals surface area contributed by atoms with Crippen LogP contribution in [0.3, 0.4) is 0 Å². The van der Waals surface area contributed by atoms with Gasteiger partial charge < -0.3 is 20.3 Å². The zero-order valence-corrected chi connectivity index (χ0v) is 18.1. The standard InChI is InChI=1S/C19H32N4O.HI/c1-16-8-9-17(18(14-16)24-3)15-22-19(20-2)21-10-4-5-11-23-12-6-7-13-23;/h8-9,14H,4-7,10-13,15H2,1-3H3,(H2,20,21,22);1H. The fourth-order valence-corrected chi connectivity index (χ4v) is 3.07. The van der Waals surface area contributed by atoms with Crippen LogP contribution in [-0.2, 0) is 6.54 Å². The first kappa shape index (κ1) is 22.0. The van der Waals surface area contributed by atoms with Crippen molar-refractivity contribution in [2.45, 2.75) is 39.2 Å². The molecule has 0 aliphatic carbocycles. The second kappa shape index (κ2) is 12.4. The number of aliphatic imine (C=N–C) groups is 1. The van der Waals surface area contributed by atoms with E-state index in [1.165, 1.54) is 50.9 Å². The molecule has 1 aromatic carbocycles. The Morgan fingerprint density at radius 2 is 1.96 bits per heavy atom. The molecular formula is C19H33IN4O. The van der Waals surface area contributed by atoms with Crippen molar-refractivity contribution in [2.75, 3.05) is 40.3 Å². The van der Waals surface area contributed by atoms with E-state index in [9.17, 15) is 0 Å². The van der Waals surface area contributed by atoms with Crippen LogP contribution < -0.4 is 15.4 Å². The molecule has 0 amide bonds. The SMILES string of the molecule is CN=C(NCCCCN1CCCC1)NCc1ccc(C)cc1OC.I. The molecule has 0 unspecified atom stereocenters. The number of nitrogens with zero attached hydrogens (tertiary/aromatic N) is 2. The average Bonchev–Trinajstić information content (AvgIpc) is 3.11. The van der Waals surface area contributed by atoms with Gasteiger partial charge in [0.05, 0.1) is 7.11 Å². The largest absolute Gasteiger partial charge is 0.496 e. The Morgan fingerprint density at radius 3 is 2.64 bits per heavy atom. The fraction of sp³-hybridized carbons (Fsp3) is 0.632. The third-order valence-electron chi connectivity index (χ3n) is 4.50. The number of nitrogens with one attached hydrogen (secondary N) is 2. The van der Waals surface area contributed by atoms with Crippen molar-refractivity contribution < 1.29 is 4.74 Å². The third-order valence-corrected chi connectivity index (χ3v) is 4.50. The predicted octanol–water partition coefficient (Wildman–Crippen LogP) is 3.16. The normalized spacial score (nSPS) is 14.9. The molecule has 0 atom stereocenters. The Hall–Kier alpha value is -1.02. The van der Waals surface area contributed by atoms with Gasteiger partial charge in [-0.05, 0) is 63.9 Å². The molecule has 0 bridgehead atoms. The Balaban J connectivity index is 0.00000312. The molecule has 2 N–H and O–H groups in total. The fourth-order valence-electron chi connectivity index (χ4n) is 3.07. The lowest BCUT2D eigenvalue weighted by Gasteiger charge is -2.16. The molecule has 2 rings (SSSR count). The van der Waals surface area contributed by atoms with Gasteiger partial charge in [0.15, 0.2) is 5.96 Å². The van der Waals surface area contributed by atoms with E-state index in [1.807, 2.05) is 7.05 Å². The van der Waals surface area contributed by atoms with Crippen LogP contribution in [-0.4, -0.2) is 51.2 Å². The first-order valence-corrected chi connectivity index (χ1v) is 9.03. The first-order valence-electron chi connectivity index (χ1n) is 9.03. The molecule has 1 fully saturated rings. The molecule has 1 aliphatic rings. The molecule has 1 aliphatic heterocycles. The van der Waals surface area contributed by atoms with Crippen LogP contribution in [0.15, 0.2) is 23.2 Å². The van der Waals surface area contributed by atoms with Crippen molar-refractivity contribution in [2.24, 2.45) is 4.99 Å². The van der Waals surface area contributed by atoms with Gasteiger partial charge in [0.1, 0.15) is 5.75 Å². The highest BCUT2D eigenvalue weighted by Gasteiger charge is 2.10. The van der Waals surface area contributed by atoms with Gasteiger partial charge in [-0.15, -0.1) is 24.0 Å². The number of guanidine groups is 1. The Kier molecular flexibility index (Phi) is 10.9. The number of hydrogen-bond donors (Lipinski definition) is 2. The predicted molar refractivity (Wildman–Crippen MR) is 116 cm³/mol. The summed E-state index contributed by atoms with van der Waals surface area (Å²) in [7, 11) is 3.53. The molecule has 5 nitrogen and oxygen atoms in total. The van der Waals surface area contributed by atoms with Crippen molar-refractivity contribution in [3.8, 4) is 5.75 Å². The molecule has 25 heavy (non-hydrogen) atoms. The van der Waals surface area contributed by atoms with Crippen molar-refractivity contribution in [1.82, 2.24) is 15.5 Å². The first-order chi connectivity index (χ1) is 11.7. The van der Waals surface area contributed by atoms with Crippen LogP contribution in [0, 0.1) is 6.92 Å². The lowest BCUT2D eigenvalue weighted by Crippen LogP contribution is -2.37. The summed E-state index contributed by atoms with van der Waals surface area (Å²) in [5, 5.41) is 6.75. The average molecular weight is 460 g/mol. The summed E-state index contributed by atoms with van der Waals surface area (Å²) in [6, 6.07) is 6.27. The highest BCUT2D eigenvalue weighted by Crippen LogP contribution is 2.19. The number of ether oxygens (including phenoxy) is 1. The van der Waals surface area contributed by atoms with Gasteiger partial charge >= 0.3 is 0 Å². The molecule has 0 aromatic heterocycles. The van der Waals surface area contributed by atoms with Gasteiger partial charge in [-0.25, -0.2) is 0 Å². The van der Waals surface area contributed by atoms with Crippen molar-refractivity contribution >= 4 is 29.9 Å². The highest BCUT2D eigenvalue weighted by atomic mass is 127. The lowest BCUT2D eigenvalue weighted by molar-refractivity contribution is 0.330. The zero-order chi connectivity index (χ0) is 17.2. The molecule has 0 radical (unpaired) electrons. The topological polar surface area (TPSA) is 48.9 Å². The Bertz CT molecular complexity index is 530. The van der Waals surface area contributed by atoms with E-state index in [0.29, 0.717) is 6.54 Å². The van der Waals surface area contributed by atoms with Crippen LogP contribution in [0.25, 0.3) is 0 Å². The molecule has 1 saturated heterocycles. The maximum Gasteiger partial charge on any atom is 0.191 e. The highest BCUT2D eigenvalue weighted by molar-refractivity contribution is 14.0. The lowest BCUT2D eigenvalue weighted by atomic mass is 10.1. The van der Waals surface area contributed by atoms with Gasteiger partial charge in [0.25, 0.3) is 0 Å². The molecule has 1 heterocycles. The zero-order valence-electron chi connectivity index (χ0n) is 15.8.